The fourth-order valence-corrected chi connectivity index (χ4v) is 1.65. The molecule has 4 nitrogen and oxygen atoms in total. The zero-order valence-electron chi connectivity index (χ0n) is 7.75. The third-order valence-electron chi connectivity index (χ3n) is 2.74. The lowest BCUT2D eigenvalue weighted by Gasteiger charge is -2.31. The quantitative estimate of drug-likeness (QED) is 0.711. The van der Waals surface area contributed by atoms with Crippen LogP contribution in [0.4, 0.5) is 5.88 Å². The SMILES string of the molecule is CC1(c2cc(N)on2)CCOCC1. The summed E-state index contributed by atoms with van der Waals surface area (Å²) in [7, 11) is 0. The average molecular weight is 182 g/mol. The lowest BCUT2D eigenvalue weighted by molar-refractivity contribution is 0.0540. The van der Waals surface area contributed by atoms with E-state index >= 15 is 0 Å². The minimum atomic E-state index is 0.0827. The van der Waals surface area contributed by atoms with Crippen molar-refractivity contribution in [2.75, 3.05) is 18.9 Å². The van der Waals surface area contributed by atoms with Crippen LogP contribution in [0.15, 0.2) is 10.6 Å². The molecule has 1 aromatic rings. The van der Waals surface area contributed by atoms with E-state index in [1.165, 1.54) is 0 Å². The molecule has 0 spiro atoms. The first-order valence-electron chi connectivity index (χ1n) is 4.51. The molecule has 2 rings (SSSR count). The highest BCUT2D eigenvalue weighted by atomic mass is 16.5. The van der Waals surface area contributed by atoms with Crippen LogP contribution < -0.4 is 5.73 Å². The Morgan fingerprint density at radius 2 is 2.15 bits per heavy atom. The van der Waals surface area contributed by atoms with Crippen LogP contribution in [-0.2, 0) is 10.2 Å². The normalized spacial score (nSPS) is 21.6. The molecular formula is C9H14N2O2. The van der Waals surface area contributed by atoms with Crippen LogP contribution in [0.1, 0.15) is 25.5 Å². The van der Waals surface area contributed by atoms with Crippen LogP contribution in [0, 0.1) is 0 Å². The van der Waals surface area contributed by atoms with Gasteiger partial charge in [0.25, 0.3) is 0 Å². The van der Waals surface area contributed by atoms with Crippen LogP contribution in [0.3, 0.4) is 0 Å². The summed E-state index contributed by atoms with van der Waals surface area (Å²) in [6, 6.07) is 1.81. The van der Waals surface area contributed by atoms with Crippen molar-refractivity contribution < 1.29 is 9.26 Å². The number of nitrogen functional groups attached to an aromatic ring is 1. The number of hydrogen-bond donors (Lipinski definition) is 1. The zero-order valence-corrected chi connectivity index (χ0v) is 7.75. The Hall–Kier alpha value is -1.03. The molecule has 0 saturated carbocycles. The molecule has 72 valence electrons. The highest BCUT2D eigenvalue weighted by Crippen LogP contribution is 2.33. The van der Waals surface area contributed by atoms with Gasteiger partial charge < -0.3 is 15.0 Å². The lowest BCUT2D eigenvalue weighted by Crippen LogP contribution is -2.30. The van der Waals surface area contributed by atoms with E-state index in [1.807, 2.05) is 6.07 Å². The molecule has 1 aromatic heterocycles. The smallest absolute Gasteiger partial charge is 0.222 e. The van der Waals surface area contributed by atoms with Gasteiger partial charge in [0.1, 0.15) is 0 Å². The Bertz CT molecular complexity index is 290. The van der Waals surface area contributed by atoms with Crippen molar-refractivity contribution in [1.29, 1.82) is 0 Å². The van der Waals surface area contributed by atoms with Crippen LogP contribution in [0.2, 0.25) is 0 Å². The number of ether oxygens (including phenoxy) is 1. The summed E-state index contributed by atoms with van der Waals surface area (Å²) < 4.78 is 10.2. The van der Waals surface area contributed by atoms with Gasteiger partial charge in [0, 0.05) is 24.7 Å². The van der Waals surface area contributed by atoms with Gasteiger partial charge in [-0.1, -0.05) is 12.1 Å². The largest absolute Gasteiger partial charge is 0.381 e. The van der Waals surface area contributed by atoms with Gasteiger partial charge in [-0.25, -0.2) is 0 Å². The maximum atomic E-state index is 5.48. The Morgan fingerprint density at radius 1 is 1.46 bits per heavy atom. The predicted octanol–water partition coefficient (Wildman–Crippen LogP) is 1.32. The summed E-state index contributed by atoms with van der Waals surface area (Å²) in [5.41, 5.74) is 6.52. The van der Waals surface area contributed by atoms with Crippen molar-refractivity contribution in [2.24, 2.45) is 0 Å². The third-order valence-corrected chi connectivity index (χ3v) is 2.74. The summed E-state index contributed by atoms with van der Waals surface area (Å²) in [5.74, 6) is 0.391. The molecule has 0 atom stereocenters. The molecule has 13 heavy (non-hydrogen) atoms. The van der Waals surface area contributed by atoms with Crippen LogP contribution in [0.25, 0.3) is 0 Å². The second kappa shape index (κ2) is 3.03. The summed E-state index contributed by atoms with van der Waals surface area (Å²) in [5, 5.41) is 3.96. The Balaban J connectivity index is 2.22. The van der Waals surface area contributed by atoms with Crippen LogP contribution in [0.5, 0.6) is 0 Å². The van der Waals surface area contributed by atoms with E-state index in [9.17, 15) is 0 Å². The van der Waals surface area contributed by atoms with Crippen molar-refractivity contribution >= 4 is 5.88 Å². The first-order valence-corrected chi connectivity index (χ1v) is 4.51. The number of nitrogens with two attached hydrogens (primary N) is 1. The monoisotopic (exact) mass is 182 g/mol. The second-order valence-electron chi connectivity index (χ2n) is 3.79. The van der Waals surface area contributed by atoms with E-state index in [4.69, 9.17) is 15.0 Å². The van der Waals surface area contributed by atoms with Gasteiger partial charge in [0.2, 0.25) is 5.88 Å². The highest BCUT2D eigenvalue weighted by molar-refractivity contribution is 5.29. The molecule has 2 N–H and O–H groups in total. The molecule has 0 bridgehead atoms. The first-order chi connectivity index (χ1) is 6.21. The van der Waals surface area contributed by atoms with Crippen LogP contribution >= 0.6 is 0 Å². The Labute approximate surface area is 77.0 Å². The Kier molecular flexibility index (Phi) is 2.00. The first kappa shape index (κ1) is 8.56. The molecule has 1 saturated heterocycles. The topological polar surface area (TPSA) is 61.3 Å². The van der Waals surface area contributed by atoms with E-state index in [0.717, 1.165) is 31.7 Å². The summed E-state index contributed by atoms with van der Waals surface area (Å²) in [6.07, 6.45) is 1.97. The molecule has 0 aromatic carbocycles. The van der Waals surface area contributed by atoms with Gasteiger partial charge in [-0.05, 0) is 12.8 Å². The van der Waals surface area contributed by atoms with Crippen molar-refractivity contribution in [2.45, 2.75) is 25.2 Å². The number of anilines is 1. The van der Waals surface area contributed by atoms with E-state index in [2.05, 4.69) is 12.1 Å². The minimum absolute atomic E-state index is 0.0827. The van der Waals surface area contributed by atoms with Crippen molar-refractivity contribution in [3.8, 4) is 0 Å². The molecule has 2 heterocycles. The van der Waals surface area contributed by atoms with E-state index in [-0.39, 0.29) is 5.41 Å². The van der Waals surface area contributed by atoms with Crippen molar-refractivity contribution in [1.82, 2.24) is 5.16 Å². The van der Waals surface area contributed by atoms with Crippen molar-refractivity contribution in [3.63, 3.8) is 0 Å². The lowest BCUT2D eigenvalue weighted by atomic mass is 9.79. The van der Waals surface area contributed by atoms with Gasteiger partial charge in [0.05, 0.1) is 5.69 Å². The molecule has 0 amide bonds. The molecule has 1 fully saturated rings. The Morgan fingerprint density at radius 3 is 2.69 bits per heavy atom. The van der Waals surface area contributed by atoms with Crippen molar-refractivity contribution in [3.05, 3.63) is 11.8 Å². The molecule has 0 radical (unpaired) electrons. The highest BCUT2D eigenvalue weighted by Gasteiger charge is 2.32. The summed E-state index contributed by atoms with van der Waals surface area (Å²) in [6.45, 7) is 3.76. The fraction of sp³-hybridized carbons (Fsp3) is 0.667. The fourth-order valence-electron chi connectivity index (χ4n) is 1.65. The number of rotatable bonds is 1. The van der Waals surface area contributed by atoms with Gasteiger partial charge >= 0.3 is 0 Å². The van der Waals surface area contributed by atoms with Crippen LogP contribution in [-0.4, -0.2) is 18.4 Å². The van der Waals surface area contributed by atoms with Gasteiger partial charge in [-0.2, -0.15) is 0 Å². The molecule has 1 aliphatic rings. The summed E-state index contributed by atoms with van der Waals surface area (Å²) >= 11 is 0. The molecule has 1 aliphatic heterocycles. The number of aromatic nitrogens is 1. The third kappa shape index (κ3) is 1.54. The average Bonchev–Trinajstić information content (AvgIpc) is 2.54. The molecule has 4 heteroatoms. The second-order valence-corrected chi connectivity index (χ2v) is 3.79. The van der Waals surface area contributed by atoms with Gasteiger partial charge in [-0.3, -0.25) is 0 Å². The van der Waals surface area contributed by atoms with E-state index in [0.29, 0.717) is 5.88 Å². The molecule has 0 aliphatic carbocycles. The van der Waals surface area contributed by atoms with E-state index < -0.39 is 0 Å². The number of hydrogen-bond acceptors (Lipinski definition) is 4. The zero-order chi connectivity index (χ0) is 9.31. The molecule has 0 unspecified atom stereocenters. The maximum Gasteiger partial charge on any atom is 0.222 e. The van der Waals surface area contributed by atoms with E-state index in [1.54, 1.807) is 0 Å². The summed E-state index contributed by atoms with van der Waals surface area (Å²) in [4.78, 5) is 0. The van der Waals surface area contributed by atoms with Gasteiger partial charge in [0.15, 0.2) is 0 Å². The number of nitrogens with zero attached hydrogens (tertiary/aromatic N) is 1. The maximum absolute atomic E-state index is 5.48. The standard InChI is InChI=1S/C9H14N2O2/c1-9(2-4-12-5-3-9)7-6-8(10)13-11-7/h6H,2-5,10H2,1H3. The predicted molar refractivity (Wildman–Crippen MR) is 48.3 cm³/mol. The minimum Gasteiger partial charge on any atom is -0.381 e. The molecular weight excluding hydrogens is 168 g/mol. The van der Waals surface area contributed by atoms with Gasteiger partial charge in [-0.15, -0.1) is 0 Å².